The van der Waals surface area contributed by atoms with E-state index in [2.05, 4.69) is 67.6 Å². The standard InChI is InChI=1S/C50H48I9N9O15/c1-8-11-60-44(75)26-32(51)29(38(57)41(35(26)54)66-23(72)14-81-20(4)69)47(78)63-17-50(7,18-64-48(79)30-33(52)27(45(76)61-12-9-2)36(55)42(39(30)58)67-24(73)15-82-21(5)70)19-65-49(80)31-34(53)28(46(77)62-13-10-3)37(56)43(40(31)59)68-25(74)16-83-22(6)71/h8-10H,1-3,11-19H2,4-7H3,(H,60,75)(H,61,76)(H,62,77)(H,63,78)(H,64,79)(H,65,80)(H,66,72)(H,67,73)(H,68,74). The SMILES string of the molecule is C=CCNC(=O)c1c(I)c(NC(=O)COC(C)=O)c(I)c(C(=O)NCC(C)(CNC(=O)c2c(I)c(NC(=O)COC(C)=O)c(I)c(C(=O)NCC=C)c2I)CNC(=O)c2c(I)c(NC(=O)COC(C)=O)c(I)c(C(=O)NCC=C)c2I)c1I. The number of carbonyl (C=O) groups is 12. The van der Waals surface area contributed by atoms with Crippen LogP contribution in [0.4, 0.5) is 17.1 Å². The number of nitrogens with one attached hydrogen (secondary N) is 9. The molecular formula is C50H48I9N9O15. The second kappa shape index (κ2) is 35.2. The molecule has 0 saturated carbocycles. The van der Waals surface area contributed by atoms with Crippen molar-refractivity contribution in [3.8, 4) is 0 Å². The fraction of sp³-hybridized carbons (Fsp3) is 0.280. The highest BCUT2D eigenvalue weighted by atomic mass is 127. The van der Waals surface area contributed by atoms with Crippen LogP contribution in [0.25, 0.3) is 0 Å². The van der Waals surface area contributed by atoms with E-state index in [-0.39, 0.29) is 122 Å². The van der Waals surface area contributed by atoms with E-state index in [0.717, 1.165) is 20.8 Å². The Hall–Kier alpha value is -2.91. The Morgan fingerprint density at radius 2 is 0.554 bits per heavy atom. The summed E-state index contributed by atoms with van der Waals surface area (Å²) < 4.78 is 16.4. The summed E-state index contributed by atoms with van der Waals surface area (Å²) in [4.78, 5) is 160. The second-order valence-electron chi connectivity index (χ2n) is 17.0. The molecule has 3 aromatic rings. The Morgan fingerprint density at radius 3 is 0.735 bits per heavy atom. The number of amides is 9. The molecule has 0 spiro atoms. The van der Waals surface area contributed by atoms with Crippen molar-refractivity contribution in [1.29, 1.82) is 0 Å². The molecule has 0 heterocycles. The normalized spacial score (nSPS) is 10.7. The van der Waals surface area contributed by atoms with Crippen LogP contribution in [0.2, 0.25) is 0 Å². The molecule has 33 heteroatoms. The number of hydrogen-bond donors (Lipinski definition) is 9. The Balaban J connectivity index is 2.32. The maximum Gasteiger partial charge on any atom is 0.303 e. The molecule has 446 valence electrons. The van der Waals surface area contributed by atoms with Gasteiger partial charge in [0, 0.05) is 76.2 Å². The van der Waals surface area contributed by atoms with Crippen molar-refractivity contribution in [2.24, 2.45) is 5.41 Å². The first-order valence-corrected chi connectivity index (χ1v) is 33.0. The molecule has 0 bridgehead atoms. The molecule has 9 amide bonds. The monoisotopic (exact) mass is 2160 g/mol. The van der Waals surface area contributed by atoms with Crippen LogP contribution >= 0.6 is 203 Å². The van der Waals surface area contributed by atoms with Gasteiger partial charge in [-0.15, -0.1) is 19.7 Å². The molecule has 0 fully saturated rings. The van der Waals surface area contributed by atoms with Gasteiger partial charge in [0.05, 0.1) is 71.9 Å². The molecule has 0 radical (unpaired) electrons. The van der Waals surface area contributed by atoms with Crippen LogP contribution in [0.3, 0.4) is 0 Å². The average molecular weight is 2160 g/mol. The first-order chi connectivity index (χ1) is 38.9. The molecule has 0 aliphatic carbocycles. The average Bonchev–Trinajstić information content (AvgIpc) is 3.45. The van der Waals surface area contributed by atoms with E-state index in [1.54, 1.807) is 6.92 Å². The van der Waals surface area contributed by atoms with Crippen LogP contribution in [0, 0.1) is 37.5 Å². The second-order valence-corrected chi connectivity index (χ2v) is 26.7. The van der Waals surface area contributed by atoms with Gasteiger partial charge in [-0.2, -0.15) is 0 Å². The van der Waals surface area contributed by atoms with E-state index >= 15 is 0 Å². The highest BCUT2D eigenvalue weighted by Gasteiger charge is 2.36. The van der Waals surface area contributed by atoms with E-state index in [4.69, 9.17) is 14.2 Å². The van der Waals surface area contributed by atoms with Crippen LogP contribution in [-0.2, 0) is 43.0 Å². The van der Waals surface area contributed by atoms with Gasteiger partial charge < -0.3 is 62.1 Å². The van der Waals surface area contributed by atoms with Crippen LogP contribution in [-0.4, -0.2) is 130 Å². The maximum atomic E-state index is 14.8. The third-order valence-corrected chi connectivity index (χ3v) is 20.3. The lowest BCUT2D eigenvalue weighted by molar-refractivity contribution is -0.145. The van der Waals surface area contributed by atoms with Gasteiger partial charge in [0.25, 0.3) is 53.2 Å². The summed E-state index contributed by atoms with van der Waals surface area (Å²) in [7, 11) is 0. The van der Waals surface area contributed by atoms with Gasteiger partial charge in [0.2, 0.25) is 0 Å². The number of ether oxygens (including phenoxy) is 3. The molecule has 24 nitrogen and oxygen atoms in total. The molecule has 0 saturated heterocycles. The summed E-state index contributed by atoms with van der Waals surface area (Å²) in [5.41, 5.74) is -1.49. The predicted molar refractivity (Wildman–Crippen MR) is 382 cm³/mol. The molecule has 83 heavy (non-hydrogen) atoms. The van der Waals surface area contributed by atoms with Gasteiger partial charge in [-0.3, -0.25) is 57.5 Å². The Bertz CT molecular complexity index is 2900. The van der Waals surface area contributed by atoms with Crippen molar-refractivity contribution in [1.82, 2.24) is 31.9 Å². The summed E-state index contributed by atoms with van der Waals surface area (Å²) in [6, 6.07) is 0. The maximum absolute atomic E-state index is 14.8. The van der Waals surface area contributed by atoms with Crippen molar-refractivity contribution < 1.29 is 71.7 Å². The minimum atomic E-state index is -1.41. The van der Waals surface area contributed by atoms with Crippen LogP contribution in [0.1, 0.15) is 89.8 Å². The number of halogens is 9. The van der Waals surface area contributed by atoms with Gasteiger partial charge in [0.1, 0.15) is 0 Å². The first-order valence-electron chi connectivity index (χ1n) is 23.3. The van der Waals surface area contributed by atoms with Crippen molar-refractivity contribution in [3.63, 3.8) is 0 Å². The fourth-order valence-electron chi connectivity index (χ4n) is 6.64. The molecular weight excluding hydrogens is 2110 g/mol. The van der Waals surface area contributed by atoms with Gasteiger partial charge in [-0.05, 0) is 203 Å². The largest absolute Gasteiger partial charge is 0.456 e. The summed E-state index contributed by atoms with van der Waals surface area (Å²) in [5, 5.41) is 24.6. The zero-order valence-electron chi connectivity index (χ0n) is 43.7. The van der Waals surface area contributed by atoms with Crippen molar-refractivity contribution in [2.75, 3.05) is 75.0 Å². The molecule has 9 N–H and O–H groups in total. The summed E-state index contributed by atoms with van der Waals surface area (Å²) in [6.45, 7) is 12.8. The minimum absolute atomic E-state index is 0.00565. The first kappa shape index (κ1) is 74.3. The minimum Gasteiger partial charge on any atom is -0.456 e. The van der Waals surface area contributed by atoms with E-state index in [1.165, 1.54) is 18.2 Å². The third kappa shape index (κ3) is 20.9. The number of carbonyl (C=O) groups excluding carboxylic acids is 12. The highest BCUT2D eigenvalue weighted by Crippen LogP contribution is 2.39. The zero-order valence-corrected chi connectivity index (χ0v) is 63.2. The smallest absolute Gasteiger partial charge is 0.303 e. The number of hydrogen-bond acceptors (Lipinski definition) is 15. The van der Waals surface area contributed by atoms with E-state index < -0.39 is 96.3 Å². The number of benzene rings is 3. The summed E-state index contributed by atoms with van der Waals surface area (Å²) >= 11 is 16.6. The molecule has 0 atom stereocenters. The Labute approximate surface area is 598 Å². The number of esters is 3. The number of rotatable bonds is 27. The Kier molecular flexibility index (Phi) is 31.5. The van der Waals surface area contributed by atoms with Crippen molar-refractivity contribution in [3.05, 3.63) is 103 Å². The zero-order chi connectivity index (χ0) is 62.8. The molecule has 3 aromatic carbocycles. The Morgan fingerprint density at radius 1 is 0.361 bits per heavy atom. The van der Waals surface area contributed by atoms with Gasteiger partial charge in [0.15, 0.2) is 19.8 Å². The lowest BCUT2D eigenvalue weighted by Gasteiger charge is -2.31. The molecule has 0 unspecified atom stereocenters. The van der Waals surface area contributed by atoms with E-state index in [1.807, 2.05) is 203 Å². The number of anilines is 3. The lowest BCUT2D eigenvalue weighted by atomic mass is 9.89. The van der Waals surface area contributed by atoms with Crippen molar-refractivity contribution >= 4 is 291 Å². The third-order valence-electron chi connectivity index (χ3n) is 10.6. The van der Waals surface area contributed by atoms with Crippen LogP contribution in [0.15, 0.2) is 38.0 Å². The summed E-state index contributed by atoms with van der Waals surface area (Å²) in [5.74, 6) is -8.79. The summed E-state index contributed by atoms with van der Waals surface area (Å²) in [6.07, 6.45) is 4.32. The topological polar surface area (TPSA) is 341 Å². The van der Waals surface area contributed by atoms with Crippen LogP contribution < -0.4 is 47.9 Å². The van der Waals surface area contributed by atoms with E-state index in [0.29, 0.717) is 0 Å². The van der Waals surface area contributed by atoms with Gasteiger partial charge in [-0.25, -0.2) is 0 Å². The van der Waals surface area contributed by atoms with Gasteiger partial charge in [-0.1, -0.05) is 25.2 Å². The van der Waals surface area contributed by atoms with Crippen LogP contribution in [0.5, 0.6) is 0 Å². The molecule has 0 aliphatic heterocycles. The highest BCUT2D eigenvalue weighted by molar-refractivity contribution is 14.1. The fourth-order valence-corrected chi connectivity index (χ4v) is 19.9. The van der Waals surface area contributed by atoms with Crippen molar-refractivity contribution in [2.45, 2.75) is 27.7 Å². The quantitative estimate of drug-likeness (QED) is 0.0161. The molecule has 3 rings (SSSR count). The van der Waals surface area contributed by atoms with Gasteiger partial charge >= 0.3 is 17.9 Å². The molecule has 0 aromatic heterocycles. The molecule has 0 aliphatic rings. The lowest BCUT2D eigenvalue weighted by Crippen LogP contribution is -2.50. The van der Waals surface area contributed by atoms with E-state index in [9.17, 15) is 57.5 Å². The predicted octanol–water partition coefficient (Wildman–Crippen LogP) is 6.98.